The van der Waals surface area contributed by atoms with E-state index in [1.165, 1.54) is 30.0 Å². The molecule has 164 valence electrons. The van der Waals surface area contributed by atoms with Crippen molar-refractivity contribution >= 4 is 11.6 Å². The van der Waals surface area contributed by atoms with Crippen molar-refractivity contribution in [1.29, 1.82) is 0 Å². The summed E-state index contributed by atoms with van der Waals surface area (Å²) in [6.07, 6.45) is 5.06. The highest BCUT2D eigenvalue weighted by Gasteiger charge is 2.22. The monoisotopic (exact) mass is 417 g/mol. The van der Waals surface area contributed by atoms with Gasteiger partial charge in [0.1, 0.15) is 5.56 Å². The number of aromatic amines is 1. The Labute approximate surface area is 175 Å². The smallest absolute Gasteiger partial charge is 0.343 e. The van der Waals surface area contributed by atoms with E-state index in [2.05, 4.69) is 19.9 Å². The fraction of sp³-hybridized carbons (Fsp3) is 0.667. The summed E-state index contributed by atoms with van der Waals surface area (Å²) in [6.45, 7) is 9.64. The molecule has 2 aliphatic rings. The van der Waals surface area contributed by atoms with Crippen LogP contribution in [0.1, 0.15) is 42.2 Å². The Morgan fingerprint density at radius 2 is 2.00 bits per heavy atom. The van der Waals surface area contributed by atoms with Crippen LogP contribution in [-0.2, 0) is 16.0 Å². The lowest BCUT2D eigenvalue weighted by atomic mass is 9.93. The molecule has 9 heteroatoms. The molecule has 2 fully saturated rings. The molecular formula is C21H31N5O4. The first kappa shape index (κ1) is 21.0. The summed E-state index contributed by atoms with van der Waals surface area (Å²) in [4.78, 5) is 34.0. The maximum absolute atomic E-state index is 12.4. The predicted octanol–water partition coefficient (Wildman–Crippen LogP) is 1.13. The van der Waals surface area contributed by atoms with Crippen molar-refractivity contribution < 1.29 is 14.3 Å². The molecule has 0 unspecified atom stereocenters. The summed E-state index contributed by atoms with van der Waals surface area (Å²) in [5, 5.41) is 2.79. The number of likely N-dealkylation sites (tertiary alicyclic amines) is 1. The molecule has 0 atom stereocenters. The van der Waals surface area contributed by atoms with Gasteiger partial charge in [0.25, 0.3) is 5.56 Å². The van der Waals surface area contributed by atoms with Gasteiger partial charge in [-0.3, -0.25) is 19.7 Å². The van der Waals surface area contributed by atoms with Crippen LogP contribution in [0.25, 0.3) is 5.65 Å². The second kappa shape index (κ2) is 9.72. The van der Waals surface area contributed by atoms with Crippen molar-refractivity contribution in [2.24, 2.45) is 5.92 Å². The number of esters is 1. The first-order valence-electron chi connectivity index (χ1n) is 10.9. The van der Waals surface area contributed by atoms with E-state index in [-0.39, 0.29) is 17.7 Å². The van der Waals surface area contributed by atoms with E-state index >= 15 is 0 Å². The number of nitrogens with zero attached hydrogens (tertiary/aromatic N) is 4. The number of carbonyl (C=O) groups is 1. The average Bonchev–Trinajstić information content (AvgIpc) is 3.19. The minimum Gasteiger partial charge on any atom is -0.462 e. The van der Waals surface area contributed by atoms with Crippen molar-refractivity contribution in [3.8, 4) is 0 Å². The predicted molar refractivity (Wildman–Crippen MR) is 112 cm³/mol. The number of rotatable bonds is 7. The standard InChI is InChI=1S/C21H31N5O4/c1-2-30-21(28)18-14-22-26-19(27)13-17(23-20(18)26)15-25-7-4-16(5-8-25)3-6-24-9-11-29-12-10-24/h13-14,16,22H,2-12,15H2,1H3. The molecule has 4 rings (SSSR count). The number of morpholine rings is 1. The van der Waals surface area contributed by atoms with Gasteiger partial charge in [0.05, 0.1) is 25.5 Å². The van der Waals surface area contributed by atoms with E-state index in [9.17, 15) is 9.59 Å². The summed E-state index contributed by atoms with van der Waals surface area (Å²) in [7, 11) is 0. The Bertz CT molecular complexity index is 910. The highest BCUT2D eigenvalue weighted by molar-refractivity contribution is 5.95. The van der Waals surface area contributed by atoms with Crippen LogP contribution in [-0.4, -0.2) is 82.9 Å². The van der Waals surface area contributed by atoms with Gasteiger partial charge >= 0.3 is 5.97 Å². The van der Waals surface area contributed by atoms with Gasteiger partial charge in [-0.05, 0) is 51.7 Å². The molecule has 4 heterocycles. The third kappa shape index (κ3) is 4.91. The van der Waals surface area contributed by atoms with Gasteiger partial charge in [0.2, 0.25) is 0 Å². The number of fused-ring (bicyclic) bond motifs is 1. The van der Waals surface area contributed by atoms with Gasteiger partial charge in [0, 0.05) is 31.9 Å². The fourth-order valence-corrected chi connectivity index (χ4v) is 4.32. The highest BCUT2D eigenvalue weighted by Crippen LogP contribution is 2.22. The van der Waals surface area contributed by atoms with E-state index < -0.39 is 5.97 Å². The minimum atomic E-state index is -0.471. The van der Waals surface area contributed by atoms with Crippen LogP contribution in [0, 0.1) is 5.92 Å². The minimum absolute atomic E-state index is 0.217. The molecule has 0 spiro atoms. The molecule has 2 saturated heterocycles. The highest BCUT2D eigenvalue weighted by atomic mass is 16.5. The number of hydrogen-bond donors (Lipinski definition) is 1. The molecule has 0 radical (unpaired) electrons. The Kier molecular flexibility index (Phi) is 6.81. The van der Waals surface area contributed by atoms with Crippen LogP contribution in [0.4, 0.5) is 0 Å². The van der Waals surface area contributed by atoms with Crippen LogP contribution in [0.2, 0.25) is 0 Å². The maximum atomic E-state index is 12.4. The molecule has 30 heavy (non-hydrogen) atoms. The lowest BCUT2D eigenvalue weighted by Gasteiger charge is -2.33. The van der Waals surface area contributed by atoms with E-state index in [0.29, 0.717) is 17.9 Å². The van der Waals surface area contributed by atoms with Gasteiger partial charge in [-0.25, -0.2) is 14.3 Å². The Morgan fingerprint density at radius 1 is 1.23 bits per heavy atom. The number of H-pyrrole nitrogens is 1. The molecule has 2 aromatic rings. The summed E-state index contributed by atoms with van der Waals surface area (Å²) in [5.41, 5.74) is 1.09. The second-order valence-electron chi connectivity index (χ2n) is 8.11. The zero-order valence-electron chi connectivity index (χ0n) is 17.6. The second-order valence-corrected chi connectivity index (χ2v) is 8.11. The van der Waals surface area contributed by atoms with Crippen LogP contribution in [0.3, 0.4) is 0 Å². The van der Waals surface area contributed by atoms with Crippen molar-refractivity contribution in [2.45, 2.75) is 32.7 Å². The van der Waals surface area contributed by atoms with E-state index in [1.807, 2.05) is 0 Å². The molecule has 0 amide bonds. The quantitative estimate of drug-likeness (QED) is 0.675. The van der Waals surface area contributed by atoms with Gasteiger partial charge in [0.15, 0.2) is 5.65 Å². The third-order valence-electron chi connectivity index (χ3n) is 6.10. The third-order valence-corrected chi connectivity index (χ3v) is 6.10. The van der Waals surface area contributed by atoms with Crippen LogP contribution < -0.4 is 5.56 Å². The largest absolute Gasteiger partial charge is 0.462 e. The molecule has 2 aliphatic heterocycles. The molecule has 9 nitrogen and oxygen atoms in total. The number of hydrogen-bond acceptors (Lipinski definition) is 7. The Hall–Kier alpha value is -2.23. The lowest BCUT2D eigenvalue weighted by Crippen LogP contribution is -2.39. The summed E-state index contributed by atoms with van der Waals surface area (Å²) >= 11 is 0. The summed E-state index contributed by atoms with van der Waals surface area (Å²) < 4.78 is 11.8. The topological polar surface area (TPSA) is 92.2 Å². The number of piperidine rings is 1. The lowest BCUT2D eigenvalue weighted by molar-refractivity contribution is 0.0334. The van der Waals surface area contributed by atoms with Gasteiger partial charge in [-0.1, -0.05) is 0 Å². The first-order chi connectivity index (χ1) is 14.6. The maximum Gasteiger partial charge on any atom is 0.343 e. The zero-order valence-corrected chi connectivity index (χ0v) is 17.6. The number of aromatic nitrogens is 3. The Balaban J connectivity index is 1.34. The molecular weight excluding hydrogens is 386 g/mol. The van der Waals surface area contributed by atoms with Gasteiger partial charge in [-0.2, -0.15) is 0 Å². The number of nitrogens with one attached hydrogen (secondary N) is 1. The van der Waals surface area contributed by atoms with E-state index in [0.717, 1.165) is 51.9 Å². The van der Waals surface area contributed by atoms with Gasteiger partial charge < -0.3 is 9.47 Å². The number of carbonyl (C=O) groups excluding carboxylic acids is 1. The fourth-order valence-electron chi connectivity index (χ4n) is 4.32. The molecule has 2 aromatic heterocycles. The van der Waals surface area contributed by atoms with Crippen molar-refractivity contribution in [3.05, 3.63) is 33.9 Å². The van der Waals surface area contributed by atoms with Crippen molar-refractivity contribution in [2.75, 3.05) is 52.5 Å². The first-order valence-corrected chi connectivity index (χ1v) is 10.9. The van der Waals surface area contributed by atoms with Gasteiger partial charge in [-0.15, -0.1) is 0 Å². The summed E-state index contributed by atoms with van der Waals surface area (Å²) in [5.74, 6) is 0.284. The molecule has 0 saturated carbocycles. The van der Waals surface area contributed by atoms with Crippen molar-refractivity contribution in [3.63, 3.8) is 0 Å². The molecule has 0 aliphatic carbocycles. The molecule has 1 N–H and O–H groups in total. The van der Waals surface area contributed by atoms with Crippen molar-refractivity contribution in [1.82, 2.24) is 24.4 Å². The molecule has 0 bridgehead atoms. The van der Waals surface area contributed by atoms with E-state index in [1.54, 1.807) is 13.0 Å². The Morgan fingerprint density at radius 3 is 2.73 bits per heavy atom. The SMILES string of the molecule is CCOC(=O)c1c[nH]n2c(=O)cc(CN3CCC(CCN4CCOCC4)CC3)nc12. The number of ether oxygens (including phenoxy) is 2. The zero-order chi connectivity index (χ0) is 20.9. The van der Waals surface area contributed by atoms with Crippen LogP contribution in [0.15, 0.2) is 17.1 Å². The average molecular weight is 418 g/mol. The van der Waals surface area contributed by atoms with Crippen LogP contribution >= 0.6 is 0 Å². The molecule has 0 aromatic carbocycles. The normalized spacial score (nSPS) is 19.4. The van der Waals surface area contributed by atoms with E-state index in [4.69, 9.17) is 9.47 Å². The summed E-state index contributed by atoms with van der Waals surface area (Å²) in [6, 6.07) is 1.54. The van der Waals surface area contributed by atoms with Crippen LogP contribution in [0.5, 0.6) is 0 Å².